The third kappa shape index (κ3) is 1.99. The first-order chi connectivity index (χ1) is 8.27. The number of amides is 1. The number of nitrogens with one attached hydrogen (secondary N) is 1. The summed E-state index contributed by atoms with van der Waals surface area (Å²) in [5, 5.41) is 3.35. The molecule has 0 bridgehead atoms. The van der Waals surface area contributed by atoms with E-state index in [1.165, 1.54) is 32.1 Å². The van der Waals surface area contributed by atoms with Crippen molar-refractivity contribution in [1.29, 1.82) is 0 Å². The van der Waals surface area contributed by atoms with Crippen molar-refractivity contribution in [2.75, 3.05) is 19.6 Å². The van der Waals surface area contributed by atoms with E-state index >= 15 is 0 Å². The summed E-state index contributed by atoms with van der Waals surface area (Å²) in [6.45, 7) is 5.14. The van der Waals surface area contributed by atoms with E-state index in [0.717, 1.165) is 25.6 Å². The zero-order valence-electron chi connectivity index (χ0n) is 10.8. The third-order valence-corrected chi connectivity index (χ3v) is 5.13. The van der Waals surface area contributed by atoms with Crippen molar-refractivity contribution in [3.8, 4) is 0 Å². The molecule has 0 aromatic carbocycles. The Hall–Kier alpha value is -0.570. The lowest BCUT2D eigenvalue weighted by Gasteiger charge is -2.33. The summed E-state index contributed by atoms with van der Waals surface area (Å²) in [4.78, 5) is 14.8. The average Bonchev–Trinajstić information content (AvgIpc) is 2.94. The predicted octanol–water partition coefficient (Wildman–Crippen LogP) is 1.63. The molecule has 17 heavy (non-hydrogen) atoms. The van der Waals surface area contributed by atoms with E-state index in [1.807, 2.05) is 0 Å². The summed E-state index contributed by atoms with van der Waals surface area (Å²) >= 11 is 0. The van der Waals surface area contributed by atoms with Crippen LogP contribution < -0.4 is 5.32 Å². The number of fused-ring (bicyclic) bond motifs is 1. The number of nitrogens with zero attached hydrogens (tertiary/aromatic N) is 1. The molecule has 0 spiro atoms. The monoisotopic (exact) mass is 236 g/mol. The van der Waals surface area contributed by atoms with Gasteiger partial charge in [0.2, 0.25) is 5.91 Å². The molecule has 1 saturated carbocycles. The molecule has 3 aliphatic rings. The van der Waals surface area contributed by atoms with Crippen molar-refractivity contribution >= 4 is 5.91 Å². The fourth-order valence-electron chi connectivity index (χ4n) is 4.03. The van der Waals surface area contributed by atoms with E-state index in [9.17, 15) is 4.79 Å². The average molecular weight is 236 g/mol. The highest BCUT2D eigenvalue weighted by molar-refractivity contribution is 5.80. The van der Waals surface area contributed by atoms with Gasteiger partial charge in [-0.05, 0) is 37.6 Å². The Morgan fingerprint density at radius 3 is 2.76 bits per heavy atom. The lowest BCUT2D eigenvalue weighted by molar-refractivity contribution is -0.137. The molecule has 96 valence electrons. The Morgan fingerprint density at radius 2 is 2.00 bits per heavy atom. The first-order valence-corrected chi connectivity index (χ1v) is 7.28. The maximum atomic E-state index is 12.6. The van der Waals surface area contributed by atoms with Crippen molar-refractivity contribution < 1.29 is 4.79 Å². The van der Waals surface area contributed by atoms with Crippen molar-refractivity contribution in [2.45, 2.75) is 45.1 Å². The molecular formula is C14H24N2O. The highest BCUT2D eigenvalue weighted by atomic mass is 16.2. The number of hydrogen-bond donors (Lipinski definition) is 1. The minimum atomic E-state index is 0.246. The standard InChI is InChI=1S/C14H24N2O/c1-10-8-15-9-12(10)14(17)16-7-6-11-4-2-3-5-13(11)16/h10-13,15H,2-9H2,1H3/t10-,11?,12-,13?/m1/s1. The largest absolute Gasteiger partial charge is 0.339 e. The van der Waals surface area contributed by atoms with Gasteiger partial charge in [-0.15, -0.1) is 0 Å². The second-order valence-electron chi connectivity index (χ2n) is 6.17. The van der Waals surface area contributed by atoms with Gasteiger partial charge in [0.05, 0.1) is 5.92 Å². The molecule has 3 rings (SSSR count). The van der Waals surface area contributed by atoms with Gasteiger partial charge in [-0.3, -0.25) is 4.79 Å². The van der Waals surface area contributed by atoms with Crippen LogP contribution in [0.25, 0.3) is 0 Å². The summed E-state index contributed by atoms with van der Waals surface area (Å²) < 4.78 is 0. The molecule has 2 unspecified atom stereocenters. The van der Waals surface area contributed by atoms with E-state index in [-0.39, 0.29) is 5.92 Å². The Kier molecular flexibility index (Phi) is 3.12. The van der Waals surface area contributed by atoms with Crippen LogP contribution in [0.15, 0.2) is 0 Å². The van der Waals surface area contributed by atoms with Gasteiger partial charge in [0.25, 0.3) is 0 Å². The normalized spacial score (nSPS) is 41.6. The van der Waals surface area contributed by atoms with Gasteiger partial charge in [0, 0.05) is 19.1 Å². The molecule has 1 N–H and O–H groups in total. The smallest absolute Gasteiger partial charge is 0.227 e. The molecule has 4 atom stereocenters. The van der Waals surface area contributed by atoms with Crippen LogP contribution in [0.2, 0.25) is 0 Å². The van der Waals surface area contributed by atoms with Gasteiger partial charge >= 0.3 is 0 Å². The van der Waals surface area contributed by atoms with Crippen molar-refractivity contribution in [1.82, 2.24) is 10.2 Å². The molecule has 0 radical (unpaired) electrons. The Bertz CT molecular complexity index is 305. The lowest BCUT2D eigenvalue weighted by atomic mass is 9.85. The molecule has 3 nitrogen and oxygen atoms in total. The highest BCUT2D eigenvalue weighted by Crippen LogP contribution is 2.37. The van der Waals surface area contributed by atoms with Gasteiger partial charge in [-0.1, -0.05) is 19.8 Å². The summed E-state index contributed by atoms with van der Waals surface area (Å²) in [5.74, 6) is 2.02. The summed E-state index contributed by atoms with van der Waals surface area (Å²) in [6.07, 6.45) is 6.57. The van der Waals surface area contributed by atoms with Crippen LogP contribution in [0.5, 0.6) is 0 Å². The van der Waals surface area contributed by atoms with E-state index in [4.69, 9.17) is 0 Å². The third-order valence-electron chi connectivity index (χ3n) is 5.13. The van der Waals surface area contributed by atoms with Crippen LogP contribution in [0.3, 0.4) is 0 Å². The van der Waals surface area contributed by atoms with Crippen LogP contribution in [0.1, 0.15) is 39.0 Å². The second-order valence-corrected chi connectivity index (χ2v) is 6.17. The molecule has 1 amide bonds. The topological polar surface area (TPSA) is 32.3 Å². The molecule has 1 aliphatic carbocycles. The fraction of sp³-hybridized carbons (Fsp3) is 0.929. The minimum Gasteiger partial charge on any atom is -0.339 e. The Labute approximate surface area is 104 Å². The van der Waals surface area contributed by atoms with Gasteiger partial charge < -0.3 is 10.2 Å². The number of carbonyl (C=O) groups is 1. The van der Waals surface area contributed by atoms with E-state index < -0.39 is 0 Å². The first kappa shape index (κ1) is 11.5. The van der Waals surface area contributed by atoms with Crippen LogP contribution in [0.4, 0.5) is 0 Å². The number of carbonyl (C=O) groups excluding carboxylic acids is 1. The number of likely N-dealkylation sites (tertiary alicyclic amines) is 1. The highest BCUT2D eigenvalue weighted by Gasteiger charge is 2.42. The number of rotatable bonds is 1. The first-order valence-electron chi connectivity index (χ1n) is 7.28. The van der Waals surface area contributed by atoms with Crippen LogP contribution in [-0.4, -0.2) is 36.5 Å². The quantitative estimate of drug-likeness (QED) is 0.750. The van der Waals surface area contributed by atoms with Gasteiger partial charge in [0.15, 0.2) is 0 Å². The molecule has 2 saturated heterocycles. The van der Waals surface area contributed by atoms with Crippen LogP contribution in [-0.2, 0) is 4.79 Å². The summed E-state index contributed by atoms with van der Waals surface area (Å²) in [7, 11) is 0. The molecule has 0 aromatic heterocycles. The van der Waals surface area contributed by atoms with Gasteiger partial charge in [-0.25, -0.2) is 0 Å². The molecule has 2 aliphatic heterocycles. The zero-order valence-corrected chi connectivity index (χ0v) is 10.8. The minimum absolute atomic E-state index is 0.246. The van der Waals surface area contributed by atoms with Crippen molar-refractivity contribution in [2.24, 2.45) is 17.8 Å². The molecule has 3 fully saturated rings. The Balaban J connectivity index is 1.69. The van der Waals surface area contributed by atoms with Crippen LogP contribution in [0, 0.1) is 17.8 Å². The van der Waals surface area contributed by atoms with E-state index in [0.29, 0.717) is 17.9 Å². The van der Waals surface area contributed by atoms with Gasteiger partial charge in [-0.2, -0.15) is 0 Å². The zero-order chi connectivity index (χ0) is 11.8. The molecule has 0 aromatic rings. The number of hydrogen-bond acceptors (Lipinski definition) is 2. The SMILES string of the molecule is C[C@@H]1CNC[C@H]1C(=O)N1CCC2CCCCC21. The Morgan fingerprint density at radius 1 is 1.18 bits per heavy atom. The second kappa shape index (κ2) is 4.60. The maximum absolute atomic E-state index is 12.6. The van der Waals surface area contributed by atoms with Crippen molar-refractivity contribution in [3.05, 3.63) is 0 Å². The van der Waals surface area contributed by atoms with Crippen molar-refractivity contribution in [3.63, 3.8) is 0 Å². The maximum Gasteiger partial charge on any atom is 0.227 e. The lowest BCUT2D eigenvalue weighted by Crippen LogP contribution is -2.44. The molecule has 2 heterocycles. The summed E-state index contributed by atoms with van der Waals surface area (Å²) in [6, 6.07) is 0.587. The van der Waals surface area contributed by atoms with Crippen LogP contribution >= 0.6 is 0 Å². The van der Waals surface area contributed by atoms with E-state index in [1.54, 1.807) is 0 Å². The van der Waals surface area contributed by atoms with E-state index in [2.05, 4.69) is 17.1 Å². The molecule has 3 heteroatoms. The van der Waals surface area contributed by atoms with Gasteiger partial charge in [0.1, 0.15) is 0 Å². The molecular weight excluding hydrogens is 212 g/mol. The fourth-order valence-corrected chi connectivity index (χ4v) is 4.03. The predicted molar refractivity (Wildman–Crippen MR) is 67.6 cm³/mol. The summed E-state index contributed by atoms with van der Waals surface area (Å²) in [5.41, 5.74) is 0.